The number of hydrogen-bond acceptors (Lipinski definition) is 6. The minimum atomic E-state index is -1.24. The van der Waals surface area contributed by atoms with Crippen LogP contribution in [0.3, 0.4) is 0 Å². The van der Waals surface area contributed by atoms with Crippen molar-refractivity contribution in [2.45, 2.75) is 12.0 Å². The van der Waals surface area contributed by atoms with Crippen LogP contribution in [0.4, 0.5) is 9.80 Å². The Morgan fingerprint density at radius 1 is 1.29 bits per heavy atom. The van der Waals surface area contributed by atoms with Crippen LogP contribution >= 0.6 is 11.3 Å². The van der Waals surface area contributed by atoms with E-state index in [4.69, 9.17) is 10.5 Å². The van der Waals surface area contributed by atoms with Crippen LogP contribution in [0.1, 0.15) is 22.3 Å². The van der Waals surface area contributed by atoms with Gasteiger partial charge >= 0.3 is 6.03 Å². The van der Waals surface area contributed by atoms with Crippen molar-refractivity contribution in [2.24, 2.45) is 5.73 Å². The third kappa shape index (κ3) is 2.78. The molecule has 1 saturated heterocycles. The quantitative estimate of drug-likeness (QED) is 0.660. The Morgan fingerprint density at radius 2 is 2.07 bits per heavy atom. The number of benzene rings is 1. The fourth-order valence-corrected chi connectivity index (χ4v) is 4.23. The molecule has 9 nitrogen and oxygen atoms in total. The van der Waals surface area contributed by atoms with Crippen LogP contribution in [0.25, 0.3) is 0 Å². The lowest BCUT2D eigenvalue weighted by Crippen LogP contribution is -2.48. The molecule has 3 heterocycles. The van der Waals surface area contributed by atoms with Gasteiger partial charge in [0.15, 0.2) is 5.54 Å². The Labute approximate surface area is 163 Å². The summed E-state index contributed by atoms with van der Waals surface area (Å²) in [6, 6.07) is 7.82. The molecule has 4 rings (SSSR count). The Kier molecular flexibility index (Phi) is 4.27. The second-order valence-electron chi connectivity index (χ2n) is 6.40. The topological polar surface area (TPSA) is 131 Å². The molecule has 0 unspecified atom stereocenters. The molecule has 144 valence electrons. The molecule has 1 fully saturated rings. The second-order valence-corrected chi connectivity index (χ2v) is 7.31. The number of thiophene rings is 1. The maximum atomic E-state index is 13.1. The van der Waals surface area contributed by atoms with Crippen LogP contribution < -0.4 is 21.1 Å². The molecule has 2 aliphatic rings. The van der Waals surface area contributed by atoms with E-state index in [1.807, 2.05) is 0 Å². The molecule has 0 bridgehead atoms. The molecule has 1 spiro atoms. The molecular weight excluding hydrogens is 384 g/mol. The number of nitrogens with zero attached hydrogens (tertiary/aromatic N) is 1. The van der Waals surface area contributed by atoms with E-state index >= 15 is 0 Å². The van der Waals surface area contributed by atoms with Crippen molar-refractivity contribution in [1.82, 2.24) is 10.2 Å². The summed E-state index contributed by atoms with van der Waals surface area (Å²) in [4.78, 5) is 50.2. The molecule has 0 saturated carbocycles. The van der Waals surface area contributed by atoms with Crippen molar-refractivity contribution in [3.05, 3.63) is 46.8 Å². The summed E-state index contributed by atoms with van der Waals surface area (Å²) >= 11 is 1.12. The molecule has 10 heteroatoms. The number of nitrogens with two attached hydrogens (primary N) is 1. The summed E-state index contributed by atoms with van der Waals surface area (Å²) in [7, 11) is 0. The highest BCUT2D eigenvalue weighted by molar-refractivity contribution is 7.14. The fraction of sp³-hybridized carbons (Fsp3) is 0.222. The summed E-state index contributed by atoms with van der Waals surface area (Å²) in [5.41, 5.74) is 4.75. The first-order valence-corrected chi connectivity index (χ1v) is 9.34. The Bertz CT molecular complexity index is 1000. The van der Waals surface area contributed by atoms with E-state index in [-0.39, 0.29) is 23.6 Å². The van der Waals surface area contributed by atoms with Crippen molar-refractivity contribution < 1.29 is 23.9 Å². The highest BCUT2D eigenvalue weighted by Crippen LogP contribution is 2.40. The van der Waals surface area contributed by atoms with E-state index in [0.717, 1.165) is 16.2 Å². The first-order valence-electron chi connectivity index (χ1n) is 8.46. The van der Waals surface area contributed by atoms with E-state index in [2.05, 4.69) is 10.6 Å². The number of carbonyl (C=O) groups excluding carboxylic acids is 4. The predicted octanol–water partition coefficient (Wildman–Crippen LogP) is 1.02. The smallest absolute Gasteiger partial charge is 0.325 e. The van der Waals surface area contributed by atoms with Crippen molar-refractivity contribution in [3.63, 3.8) is 0 Å². The molecule has 2 aliphatic heterocycles. The van der Waals surface area contributed by atoms with E-state index in [1.54, 1.807) is 29.6 Å². The van der Waals surface area contributed by atoms with E-state index < -0.39 is 35.8 Å². The lowest BCUT2D eigenvalue weighted by atomic mass is 9.84. The molecule has 28 heavy (non-hydrogen) atoms. The average Bonchev–Trinajstić information content (AvgIpc) is 3.21. The monoisotopic (exact) mass is 400 g/mol. The minimum Gasteiger partial charge on any atom is -0.493 e. The van der Waals surface area contributed by atoms with Gasteiger partial charge in [-0.25, -0.2) is 4.79 Å². The molecule has 0 radical (unpaired) electrons. The largest absolute Gasteiger partial charge is 0.493 e. The van der Waals surface area contributed by atoms with Gasteiger partial charge in [0.25, 0.3) is 11.8 Å². The van der Waals surface area contributed by atoms with E-state index in [0.29, 0.717) is 11.3 Å². The average molecular weight is 400 g/mol. The first-order chi connectivity index (χ1) is 13.4. The van der Waals surface area contributed by atoms with Crippen LogP contribution in [-0.4, -0.2) is 41.8 Å². The number of para-hydroxylation sites is 1. The fourth-order valence-electron chi connectivity index (χ4n) is 3.43. The number of carbonyl (C=O) groups is 4. The number of amides is 5. The maximum Gasteiger partial charge on any atom is 0.325 e. The summed E-state index contributed by atoms with van der Waals surface area (Å²) in [5, 5.41) is 7.14. The van der Waals surface area contributed by atoms with Gasteiger partial charge in [-0.05, 0) is 17.5 Å². The Morgan fingerprint density at radius 3 is 2.86 bits per heavy atom. The van der Waals surface area contributed by atoms with Crippen LogP contribution in [0.15, 0.2) is 35.7 Å². The summed E-state index contributed by atoms with van der Waals surface area (Å²) in [6.45, 7) is -0.216. The van der Waals surface area contributed by atoms with Crippen LogP contribution in [0.5, 0.6) is 5.75 Å². The van der Waals surface area contributed by atoms with Gasteiger partial charge in [-0.1, -0.05) is 18.2 Å². The lowest BCUT2D eigenvalue weighted by molar-refractivity contribution is -0.135. The molecule has 2 aromatic rings. The number of primary amides is 1. The molecule has 1 atom stereocenters. The standard InChI is InChI=1S/C18H16N4O5S/c19-14(24)10-5-8-28-15(10)20-13(23)9-22-16(25)18(21-17(22)26)6-7-27-12-4-2-1-3-11(12)18/h1-5,8H,6-7,9H2,(H2,19,24)(H,20,23)(H,21,26)/t18-/m0/s1. The summed E-state index contributed by atoms with van der Waals surface area (Å²) < 4.78 is 5.57. The van der Waals surface area contributed by atoms with Crippen molar-refractivity contribution in [3.8, 4) is 5.75 Å². The third-order valence-electron chi connectivity index (χ3n) is 4.74. The SMILES string of the molecule is NC(=O)c1ccsc1NC(=O)CN1C(=O)N[C@]2(CCOc3ccccc32)C1=O. The van der Waals surface area contributed by atoms with Crippen molar-refractivity contribution in [1.29, 1.82) is 0 Å². The van der Waals surface area contributed by atoms with E-state index in [1.165, 1.54) is 6.07 Å². The number of fused-ring (bicyclic) bond motifs is 2. The lowest BCUT2D eigenvalue weighted by Gasteiger charge is -2.33. The zero-order chi connectivity index (χ0) is 19.9. The van der Waals surface area contributed by atoms with E-state index in [9.17, 15) is 19.2 Å². The molecule has 0 aliphatic carbocycles. The van der Waals surface area contributed by atoms with Crippen LogP contribution in [0, 0.1) is 0 Å². The van der Waals surface area contributed by atoms with Crippen molar-refractivity contribution in [2.75, 3.05) is 18.5 Å². The summed E-state index contributed by atoms with van der Waals surface area (Å²) in [5.74, 6) is -1.27. The van der Waals surface area contributed by atoms with Gasteiger partial charge < -0.3 is 21.1 Å². The van der Waals surface area contributed by atoms with Gasteiger partial charge in [-0.3, -0.25) is 19.3 Å². The highest BCUT2D eigenvalue weighted by atomic mass is 32.1. The molecule has 1 aromatic carbocycles. The van der Waals surface area contributed by atoms with Gasteiger partial charge in [0, 0.05) is 12.0 Å². The molecular formula is C18H16N4O5S. The van der Waals surface area contributed by atoms with Gasteiger partial charge in [0.2, 0.25) is 5.91 Å². The first kappa shape index (κ1) is 18.0. The maximum absolute atomic E-state index is 13.1. The minimum absolute atomic E-state index is 0.172. The Hall–Kier alpha value is -3.40. The van der Waals surface area contributed by atoms with Gasteiger partial charge in [0.1, 0.15) is 17.3 Å². The number of nitrogens with one attached hydrogen (secondary N) is 2. The third-order valence-corrected chi connectivity index (χ3v) is 5.57. The molecule has 4 N–H and O–H groups in total. The predicted molar refractivity (Wildman–Crippen MR) is 99.9 cm³/mol. The number of urea groups is 1. The number of imide groups is 1. The number of hydrogen-bond donors (Lipinski definition) is 3. The highest BCUT2D eigenvalue weighted by Gasteiger charge is 2.55. The summed E-state index contributed by atoms with van der Waals surface area (Å²) in [6.07, 6.45) is 0.267. The van der Waals surface area contributed by atoms with Crippen LogP contribution in [-0.2, 0) is 15.1 Å². The zero-order valence-corrected chi connectivity index (χ0v) is 15.4. The molecule has 5 amide bonds. The van der Waals surface area contributed by atoms with Crippen LogP contribution in [0.2, 0.25) is 0 Å². The number of rotatable bonds is 4. The van der Waals surface area contributed by atoms with Gasteiger partial charge in [0.05, 0.1) is 12.2 Å². The normalized spacial score (nSPS) is 20.5. The zero-order valence-electron chi connectivity index (χ0n) is 14.6. The van der Waals surface area contributed by atoms with Crippen molar-refractivity contribution >= 4 is 40.1 Å². The molecule has 1 aromatic heterocycles. The van der Waals surface area contributed by atoms with Gasteiger partial charge in [-0.15, -0.1) is 11.3 Å². The Balaban J connectivity index is 1.55. The second kappa shape index (κ2) is 6.64. The number of anilines is 1. The van der Waals surface area contributed by atoms with Gasteiger partial charge in [-0.2, -0.15) is 0 Å². The number of ether oxygens (including phenoxy) is 1.